The van der Waals surface area contributed by atoms with Gasteiger partial charge in [-0.3, -0.25) is 4.57 Å². The maximum atomic E-state index is 4.74. The lowest BCUT2D eigenvalue weighted by molar-refractivity contribution is 1.08. The third-order valence-electron chi connectivity index (χ3n) is 4.86. The first-order valence-corrected chi connectivity index (χ1v) is 9.08. The second kappa shape index (κ2) is 6.29. The number of anilines is 2. The van der Waals surface area contributed by atoms with Gasteiger partial charge in [0.1, 0.15) is 5.82 Å². The van der Waals surface area contributed by atoms with Crippen molar-refractivity contribution in [3.05, 3.63) is 96.7 Å². The number of benzene rings is 3. The molecule has 0 radical (unpaired) electrons. The van der Waals surface area contributed by atoms with Crippen LogP contribution in [0.5, 0.6) is 0 Å². The largest absolute Gasteiger partial charge is 0.354 e. The Labute approximate surface area is 157 Å². The second-order valence-corrected chi connectivity index (χ2v) is 6.77. The van der Waals surface area contributed by atoms with Gasteiger partial charge in [0.2, 0.25) is 0 Å². The standard InChI is InChI=1S/C24H19N3/c1-17-7-6-8-18(15-17)26-19-13-14-24(25-16-19)27-22-11-4-2-9-20(22)21-10-3-5-12-23(21)27/h2-16,26H,1H3. The van der Waals surface area contributed by atoms with Crippen LogP contribution in [0.4, 0.5) is 11.4 Å². The number of para-hydroxylation sites is 2. The van der Waals surface area contributed by atoms with E-state index in [1.165, 1.54) is 27.4 Å². The first-order chi connectivity index (χ1) is 13.3. The molecule has 5 rings (SSSR count). The van der Waals surface area contributed by atoms with E-state index >= 15 is 0 Å². The number of aryl methyl sites for hydroxylation is 1. The fraction of sp³-hybridized carbons (Fsp3) is 0.0417. The van der Waals surface area contributed by atoms with Crippen molar-refractivity contribution in [1.82, 2.24) is 9.55 Å². The zero-order valence-electron chi connectivity index (χ0n) is 15.1. The normalized spacial score (nSPS) is 11.1. The average Bonchev–Trinajstić information content (AvgIpc) is 3.03. The summed E-state index contributed by atoms with van der Waals surface area (Å²) in [6.45, 7) is 2.09. The van der Waals surface area contributed by atoms with Gasteiger partial charge in [0.15, 0.2) is 0 Å². The van der Waals surface area contributed by atoms with Crippen LogP contribution in [0.15, 0.2) is 91.1 Å². The van der Waals surface area contributed by atoms with Gasteiger partial charge in [-0.05, 0) is 48.9 Å². The highest BCUT2D eigenvalue weighted by molar-refractivity contribution is 6.09. The Morgan fingerprint density at radius 2 is 1.41 bits per heavy atom. The summed E-state index contributed by atoms with van der Waals surface area (Å²) < 4.78 is 2.22. The minimum absolute atomic E-state index is 0.919. The van der Waals surface area contributed by atoms with Crippen molar-refractivity contribution in [2.75, 3.05) is 5.32 Å². The number of hydrogen-bond donors (Lipinski definition) is 1. The molecule has 5 aromatic rings. The van der Waals surface area contributed by atoms with Crippen LogP contribution in [0.3, 0.4) is 0 Å². The molecule has 3 heteroatoms. The smallest absolute Gasteiger partial charge is 0.137 e. The summed E-state index contributed by atoms with van der Waals surface area (Å²) in [6, 6.07) is 29.4. The molecule has 3 nitrogen and oxygen atoms in total. The summed E-state index contributed by atoms with van der Waals surface area (Å²) in [5.74, 6) is 0.919. The van der Waals surface area contributed by atoms with Gasteiger partial charge in [-0.2, -0.15) is 0 Å². The molecule has 0 fully saturated rings. The maximum Gasteiger partial charge on any atom is 0.137 e. The number of nitrogens with zero attached hydrogens (tertiary/aromatic N) is 2. The van der Waals surface area contributed by atoms with Crippen molar-refractivity contribution in [2.24, 2.45) is 0 Å². The Bertz CT molecular complexity index is 1200. The lowest BCUT2D eigenvalue weighted by Crippen LogP contribution is -1.98. The Balaban J connectivity index is 1.59. The molecule has 0 aliphatic carbocycles. The van der Waals surface area contributed by atoms with Gasteiger partial charge < -0.3 is 5.32 Å². The van der Waals surface area contributed by atoms with Gasteiger partial charge in [-0.1, -0.05) is 48.5 Å². The Morgan fingerprint density at radius 3 is 2.04 bits per heavy atom. The number of aromatic nitrogens is 2. The fourth-order valence-corrected chi connectivity index (χ4v) is 3.65. The van der Waals surface area contributed by atoms with E-state index in [-0.39, 0.29) is 0 Å². The van der Waals surface area contributed by atoms with Gasteiger partial charge in [0.25, 0.3) is 0 Å². The molecule has 0 saturated carbocycles. The third-order valence-corrected chi connectivity index (χ3v) is 4.86. The van der Waals surface area contributed by atoms with Crippen LogP contribution in [0.2, 0.25) is 0 Å². The van der Waals surface area contributed by atoms with E-state index in [0.29, 0.717) is 0 Å². The molecular formula is C24H19N3. The van der Waals surface area contributed by atoms with Crippen molar-refractivity contribution in [2.45, 2.75) is 6.92 Å². The average molecular weight is 349 g/mol. The fourth-order valence-electron chi connectivity index (χ4n) is 3.65. The first kappa shape index (κ1) is 15.6. The van der Waals surface area contributed by atoms with Crippen LogP contribution in [-0.4, -0.2) is 9.55 Å². The van der Waals surface area contributed by atoms with Gasteiger partial charge in [-0.25, -0.2) is 4.98 Å². The molecule has 2 aromatic heterocycles. The SMILES string of the molecule is Cc1cccc(Nc2ccc(-n3c4ccccc4c4ccccc43)nc2)c1. The van der Waals surface area contributed by atoms with E-state index < -0.39 is 0 Å². The van der Waals surface area contributed by atoms with Gasteiger partial charge in [-0.15, -0.1) is 0 Å². The van der Waals surface area contributed by atoms with Crippen LogP contribution >= 0.6 is 0 Å². The molecule has 0 unspecified atom stereocenters. The van der Waals surface area contributed by atoms with Gasteiger partial charge in [0.05, 0.1) is 22.9 Å². The van der Waals surface area contributed by atoms with E-state index in [4.69, 9.17) is 4.98 Å². The quantitative estimate of drug-likeness (QED) is 0.418. The Hall–Kier alpha value is -3.59. The molecule has 0 aliphatic heterocycles. The lowest BCUT2D eigenvalue weighted by Gasteiger charge is -2.10. The summed E-state index contributed by atoms with van der Waals surface area (Å²) in [4.78, 5) is 4.74. The van der Waals surface area contributed by atoms with Gasteiger partial charge >= 0.3 is 0 Å². The topological polar surface area (TPSA) is 29.9 Å². The zero-order valence-corrected chi connectivity index (χ0v) is 15.1. The van der Waals surface area contributed by atoms with Crippen LogP contribution in [0.25, 0.3) is 27.6 Å². The summed E-state index contributed by atoms with van der Waals surface area (Å²) in [6.07, 6.45) is 1.89. The summed E-state index contributed by atoms with van der Waals surface area (Å²) in [5.41, 5.74) is 5.62. The Kier molecular flexibility index (Phi) is 3.65. The monoisotopic (exact) mass is 349 g/mol. The number of nitrogens with one attached hydrogen (secondary N) is 1. The second-order valence-electron chi connectivity index (χ2n) is 6.77. The van der Waals surface area contributed by atoms with Crippen LogP contribution in [-0.2, 0) is 0 Å². The number of pyridine rings is 1. The molecule has 130 valence electrons. The molecule has 0 saturated heterocycles. The maximum absolute atomic E-state index is 4.74. The van der Waals surface area contributed by atoms with Crippen molar-refractivity contribution in [1.29, 1.82) is 0 Å². The number of fused-ring (bicyclic) bond motifs is 3. The molecule has 2 heterocycles. The molecule has 27 heavy (non-hydrogen) atoms. The molecule has 3 aromatic carbocycles. The molecule has 0 spiro atoms. The molecular weight excluding hydrogens is 330 g/mol. The zero-order chi connectivity index (χ0) is 18.2. The highest BCUT2D eigenvalue weighted by atomic mass is 15.1. The van der Waals surface area contributed by atoms with E-state index in [2.05, 4.69) is 102 Å². The van der Waals surface area contributed by atoms with Crippen LogP contribution < -0.4 is 5.32 Å². The minimum atomic E-state index is 0.919. The van der Waals surface area contributed by atoms with E-state index in [1.807, 2.05) is 6.20 Å². The molecule has 0 atom stereocenters. The predicted molar refractivity (Wildman–Crippen MR) is 113 cm³/mol. The molecule has 0 amide bonds. The van der Waals surface area contributed by atoms with E-state index in [1.54, 1.807) is 0 Å². The van der Waals surface area contributed by atoms with Crippen molar-refractivity contribution < 1.29 is 0 Å². The van der Waals surface area contributed by atoms with Crippen molar-refractivity contribution >= 4 is 33.2 Å². The number of rotatable bonds is 3. The highest BCUT2D eigenvalue weighted by Gasteiger charge is 2.11. The van der Waals surface area contributed by atoms with Gasteiger partial charge in [0, 0.05) is 16.5 Å². The van der Waals surface area contributed by atoms with Crippen molar-refractivity contribution in [3.8, 4) is 5.82 Å². The summed E-state index contributed by atoms with van der Waals surface area (Å²) >= 11 is 0. The lowest BCUT2D eigenvalue weighted by atomic mass is 10.2. The summed E-state index contributed by atoms with van der Waals surface area (Å²) in [7, 11) is 0. The molecule has 0 aliphatic rings. The molecule has 1 N–H and O–H groups in total. The minimum Gasteiger partial charge on any atom is -0.354 e. The van der Waals surface area contributed by atoms with E-state index in [0.717, 1.165) is 17.2 Å². The van der Waals surface area contributed by atoms with Crippen LogP contribution in [0.1, 0.15) is 5.56 Å². The van der Waals surface area contributed by atoms with Crippen LogP contribution in [0, 0.1) is 6.92 Å². The summed E-state index contributed by atoms with van der Waals surface area (Å²) in [5, 5.41) is 5.91. The Morgan fingerprint density at radius 1 is 0.704 bits per heavy atom. The predicted octanol–water partition coefficient (Wildman–Crippen LogP) is 6.23. The first-order valence-electron chi connectivity index (χ1n) is 9.08. The highest BCUT2D eigenvalue weighted by Crippen LogP contribution is 2.31. The van der Waals surface area contributed by atoms with E-state index in [9.17, 15) is 0 Å². The number of hydrogen-bond acceptors (Lipinski definition) is 2. The third kappa shape index (κ3) is 2.74. The van der Waals surface area contributed by atoms with Crippen molar-refractivity contribution in [3.63, 3.8) is 0 Å². The molecule has 0 bridgehead atoms.